The Bertz CT molecular complexity index is 913. The van der Waals surface area contributed by atoms with Crippen molar-refractivity contribution in [1.29, 1.82) is 0 Å². The van der Waals surface area contributed by atoms with Gasteiger partial charge in [0, 0.05) is 25.8 Å². The van der Waals surface area contributed by atoms with Crippen LogP contribution in [0.4, 0.5) is 0 Å². The van der Waals surface area contributed by atoms with Crippen LogP contribution in [0.15, 0.2) is 79.0 Å². The Hall–Kier alpha value is -3.02. The summed E-state index contributed by atoms with van der Waals surface area (Å²) < 4.78 is 11.4. The van der Waals surface area contributed by atoms with Gasteiger partial charge in [-0.05, 0) is 36.1 Å². The maximum atomic E-state index is 11.6. The smallest absolute Gasteiger partial charge is 0.339 e. The number of likely N-dealkylation sites (tertiary alicyclic amines) is 1. The van der Waals surface area contributed by atoms with E-state index in [1.165, 1.54) is 18.2 Å². The lowest BCUT2D eigenvalue weighted by atomic mass is 10.00. The molecule has 0 bridgehead atoms. The minimum absolute atomic E-state index is 0.0496. The first-order chi connectivity index (χ1) is 15.2. The molecule has 0 atom stereocenters. The number of methoxy groups -OCH3 is 1. The van der Waals surface area contributed by atoms with Crippen molar-refractivity contribution in [2.24, 2.45) is 0 Å². The number of carbonyl (C=O) groups is 1. The van der Waals surface area contributed by atoms with Gasteiger partial charge in [-0.25, -0.2) is 4.79 Å². The molecule has 1 aromatic heterocycles. The summed E-state index contributed by atoms with van der Waals surface area (Å²) in [5, 5.41) is 0. The van der Waals surface area contributed by atoms with Gasteiger partial charge >= 0.3 is 5.97 Å². The van der Waals surface area contributed by atoms with Crippen LogP contribution >= 0.6 is 0 Å². The van der Waals surface area contributed by atoms with E-state index >= 15 is 0 Å². The standard InChI is InChI=1S/C26H28N2O3/c1-30-26(29)22-12-13-23(27-18-22)19-28-16-14-24(15-17-28)31-25(20-8-4-2-5-9-20)21-10-6-3-7-11-21/h2-13,18,24-25H,14-17,19H2,1H3. The molecule has 2 heterocycles. The van der Waals surface area contributed by atoms with E-state index in [0.29, 0.717) is 5.56 Å². The zero-order valence-electron chi connectivity index (χ0n) is 17.8. The molecule has 5 heteroatoms. The predicted octanol–water partition coefficient (Wildman–Crippen LogP) is 4.64. The third-order valence-electron chi connectivity index (χ3n) is 5.70. The third kappa shape index (κ3) is 5.57. The molecule has 1 saturated heterocycles. The van der Waals surface area contributed by atoms with E-state index in [-0.39, 0.29) is 18.2 Å². The van der Waals surface area contributed by atoms with Gasteiger partial charge in [-0.15, -0.1) is 0 Å². The lowest BCUT2D eigenvalue weighted by Crippen LogP contribution is -2.37. The molecule has 0 unspecified atom stereocenters. The van der Waals surface area contributed by atoms with Gasteiger partial charge in [-0.3, -0.25) is 9.88 Å². The highest BCUT2D eigenvalue weighted by molar-refractivity contribution is 5.88. The normalized spacial score (nSPS) is 15.2. The highest BCUT2D eigenvalue weighted by atomic mass is 16.5. The molecule has 4 rings (SSSR count). The van der Waals surface area contributed by atoms with Crippen LogP contribution in [0, 0.1) is 0 Å². The Morgan fingerprint density at radius 2 is 1.58 bits per heavy atom. The van der Waals surface area contributed by atoms with Gasteiger partial charge in [0.05, 0.1) is 24.5 Å². The Morgan fingerprint density at radius 3 is 2.10 bits per heavy atom. The maximum Gasteiger partial charge on any atom is 0.339 e. The van der Waals surface area contributed by atoms with Gasteiger partial charge in [0.2, 0.25) is 0 Å². The molecule has 0 aliphatic carbocycles. The molecule has 1 fully saturated rings. The molecule has 3 aromatic rings. The molecule has 1 aliphatic heterocycles. The van der Waals surface area contributed by atoms with Crippen LogP contribution in [0.3, 0.4) is 0 Å². The number of carbonyl (C=O) groups excluding carboxylic acids is 1. The molecule has 0 radical (unpaired) electrons. The number of benzene rings is 2. The molecular formula is C26H28N2O3. The topological polar surface area (TPSA) is 51.7 Å². The quantitative estimate of drug-likeness (QED) is 0.525. The van der Waals surface area contributed by atoms with Crippen molar-refractivity contribution in [3.05, 3.63) is 101 Å². The molecule has 5 nitrogen and oxygen atoms in total. The van der Waals surface area contributed by atoms with Crippen molar-refractivity contribution >= 4 is 5.97 Å². The minimum atomic E-state index is -0.358. The second-order valence-electron chi connectivity index (χ2n) is 7.84. The summed E-state index contributed by atoms with van der Waals surface area (Å²) in [6.07, 6.45) is 3.72. The summed E-state index contributed by atoms with van der Waals surface area (Å²) in [5.74, 6) is -0.358. The van der Waals surface area contributed by atoms with Crippen LogP contribution in [0.1, 0.15) is 46.1 Å². The van der Waals surface area contributed by atoms with E-state index in [2.05, 4.69) is 58.4 Å². The fourth-order valence-electron chi connectivity index (χ4n) is 3.99. The van der Waals surface area contributed by atoms with E-state index in [1.54, 1.807) is 12.3 Å². The monoisotopic (exact) mass is 416 g/mol. The molecule has 0 saturated carbocycles. The average molecular weight is 417 g/mol. The molecule has 0 amide bonds. The second-order valence-corrected chi connectivity index (χ2v) is 7.84. The predicted molar refractivity (Wildman–Crippen MR) is 120 cm³/mol. The average Bonchev–Trinajstić information content (AvgIpc) is 2.84. The Balaban J connectivity index is 1.35. The highest BCUT2D eigenvalue weighted by Gasteiger charge is 2.25. The van der Waals surface area contributed by atoms with Gasteiger partial charge in [-0.1, -0.05) is 60.7 Å². The van der Waals surface area contributed by atoms with Crippen molar-refractivity contribution in [2.75, 3.05) is 20.2 Å². The van der Waals surface area contributed by atoms with Gasteiger partial charge in [0.25, 0.3) is 0 Å². The molecule has 31 heavy (non-hydrogen) atoms. The number of pyridine rings is 1. The summed E-state index contributed by atoms with van der Waals surface area (Å²) >= 11 is 0. The minimum Gasteiger partial charge on any atom is -0.465 e. The lowest BCUT2D eigenvalue weighted by Gasteiger charge is -2.34. The SMILES string of the molecule is COC(=O)c1ccc(CN2CCC(OC(c3ccccc3)c3ccccc3)CC2)nc1. The number of aromatic nitrogens is 1. The van der Waals surface area contributed by atoms with Crippen LogP contribution in [0.25, 0.3) is 0 Å². The number of ether oxygens (including phenoxy) is 2. The molecular weight excluding hydrogens is 388 g/mol. The number of nitrogens with zero attached hydrogens (tertiary/aromatic N) is 2. The number of rotatable bonds is 7. The number of esters is 1. The fraction of sp³-hybridized carbons (Fsp3) is 0.308. The first-order valence-electron chi connectivity index (χ1n) is 10.7. The fourth-order valence-corrected chi connectivity index (χ4v) is 3.99. The molecule has 0 N–H and O–H groups in total. The van der Waals surface area contributed by atoms with Gasteiger partial charge in [-0.2, -0.15) is 0 Å². The molecule has 1 aliphatic rings. The van der Waals surface area contributed by atoms with E-state index < -0.39 is 0 Å². The Labute approximate surface area is 183 Å². The summed E-state index contributed by atoms with van der Waals surface area (Å²) in [4.78, 5) is 18.4. The van der Waals surface area contributed by atoms with Gasteiger partial charge in [0.1, 0.15) is 6.10 Å². The molecule has 2 aromatic carbocycles. The van der Waals surface area contributed by atoms with Crippen molar-refractivity contribution in [1.82, 2.24) is 9.88 Å². The first-order valence-corrected chi connectivity index (χ1v) is 10.7. The summed E-state index contributed by atoms with van der Waals surface area (Å²) in [7, 11) is 1.38. The van der Waals surface area contributed by atoms with Crippen molar-refractivity contribution < 1.29 is 14.3 Å². The van der Waals surface area contributed by atoms with E-state index in [1.807, 2.05) is 18.2 Å². The summed E-state index contributed by atoms with van der Waals surface area (Å²) in [6.45, 7) is 2.69. The number of piperidine rings is 1. The Kier molecular flexibility index (Phi) is 7.07. The Morgan fingerprint density at radius 1 is 0.968 bits per heavy atom. The van der Waals surface area contributed by atoms with Crippen LogP contribution in [-0.2, 0) is 16.0 Å². The van der Waals surface area contributed by atoms with Crippen LogP contribution < -0.4 is 0 Å². The number of hydrogen-bond donors (Lipinski definition) is 0. The van der Waals surface area contributed by atoms with E-state index in [9.17, 15) is 4.79 Å². The second kappa shape index (κ2) is 10.3. The van der Waals surface area contributed by atoms with Crippen LogP contribution in [0.2, 0.25) is 0 Å². The van der Waals surface area contributed by atoms with Crippen LogP contribution in [-0.4, -0.2) is 42.2 Å². The zero-order valence-corrected chi connectivity index (χ0v) is 17.8. The van der Waals surface area contributed by atoms with Crippen molar-refractivity contribution in [3.63, 3.8) is 0 Å². The molecule has 160 valence electrons. The van der Waals surface area contributed by atoms with E-state index in [4.69, 9.17) is 9.47 Å². The highest BCUT2D eigenvalue weighted by Crippen LogP contribution is 2.30. The third-order valence-corrected chi connectivity index (χ3v) is 5.70. The first kappa shape index (κ1) is 21.2. The zero-order chi connectivity index (χ0) is 21.5. The number of hydrogen-bond acceptors (Lipinski definition) is 5. The van der Waals surface area contributed by atoms with Crippen molar-refractivity contribution in [3.8, 4) is 0 Å². The molecule has 0 spiro atoms. The van der Waals surface area contributed by atoms with Gasteiger partial charge in [0.15, 0.2) is 0 Å². The summed E-state index contributed by atoms with van der Waals surface area (Å²) in [5.41, 5.74) is 3.81. The lowest BCUT2D eigenvalue weighted by molar-refractivity contribution is -0.0283. The summed E-state index contributed by atoms with van der Waals surface area (Å²) in [6, 6.07) is 24.5. The largest absolute Gasteiger partial charge is 0.465 e. The maximum absolute atomic E-state index is 11.6. The van der Waals surface area contributed by atoms with Crippen molar-refractivity contribution in [2.45, 2.75) is 31.6 Å². The van der Waals surface area contributed by atoms with E-state index in [0.717, 1.165) is 38.2 Å². The van der Waals surface area contributed by atoms with Gasteiger partial charge < -0.3 is 9.47 Å². The van der Waals surface area contributed by atoms with Crippen LogP contribution in [0.5, 0.6) is 0 Å².